The van der Waals surface area contributed by atoms with Crippen LogP contribution in [-0.2, 0) is 12.0 Å². The number of benzene rings is 2. The van der Waals surface area contributed by atoms with Gasteiger partial charge in [0.2, 0.25) is 0 Å². The summed E-state index contributed by atoms with van der Waals surface area (Å²) in [5.74, 6) is 1.60. The molecule has 1 heterocycles. The molecule has 0 aliphatic rings. The molecule has 0 radical (unpaired) electrons. The molecule has 0 unspecified atom stereocenters. The Morgan fingerprint density at radius 3 is 2.33 bits per heavy atom. The van der Waals surface area contributed by atoms with Crippen molar-refractivity contribution in [2.75, 3.05) is 13.2 Å². The van der Waals surface area contributed by atoms with E-state index in [0.29, 0.717) is 13.1 Å². The van der Waals surface area contributed by atoms with Crippen LogP contribution < -0.4 is 10.1 Å². The highest BCUT2D eigenvalue weighted by Gasteiger charge is 2.22. The number of ether oxygens (including phenoxy) is 1. The molecular weight excluding hydrogens is 338 g/mol. The van der Waals surface area contributed by atoms with Crippen LogP contribution in [0.3, 0.4) is 0 Å². The van der Waals surface area contributed by atoms with E-state index in [1.165, 1.54) is 11.1 Å². The Hall–Kier alpha value is -2.56. The van der Waals surface area contributed by atoms with Gasteiger partial charge in [0.05, 0.1) is 12.8 Å². The number of rotatable bonds is 9. The fraction of sp³-hybridized carbons (Fsp3) is 0.304. The smallest absolute Gasteiger partial charge is 0.119 e. The SMILES string of the molecule is CC(C)(c1ccccc1)c1ccc(OC[C@H](O)CNCc2ccco2)cc1. The first-order valence-corrected chi connectivity index (χ1v) is 9.26. The quantitative estimate of drug-likeness (QED) is 0.598. The van der Waals surface area contributed by atoms with Crippen LogP contribution in [0.1, 0.15) is 30.7 Å². The molecule has 142 valence electrons. The van der Waals surface area contributed by atoms with E-state index in [2.05, 4.69) is 55.6 Å². The maximum Gasteiger partial charge on any atom is 0.119 e. The van der Waals surface area contributed by atoms with Crippen molar-refractivity contribution in [2.45, 2.75) is 31.9 Å². The number of nitrogens with one attached hydrogen (secondary N) is 1. The van der Waals surface area contributed by atoms with E-state index in [9.17, 15) is 5.11 Å². The summed E-state index contributed by atoms with van der Waals surface area (Å²) in [5.41, 5.74) is 2.42. The van der Waals surface area contributed by atoms with Gasteiger partial charge >= 0.3 is 0 Å². The highest BCUT2D eigenvalue weighted by atomic mass is 16.5. The lowest BCUT2D eigenvalue weighted by atomic mass is 9.78. The fourth-order valence-corrected chi connectivity index (χ4v) is 3.02. The highest BCUT2D eigenvalue weighted by molar-refractivity contribution is 5.39. The second kappa shape index (κ2) is 8.89. The van der Waals surface area contributed by atoms with Crippen molar-refractivity contribution in [1.29, 1.82) is 0 Å². The summed E-state index contributed by atoms with van der Waals surface area (Å²) >= 11 is 0. The molecule has 0 fully saturated rings. The Morgan fingerprint density at radius 1 is 0.963 bits per heavy atom. The molecule has 2 N–H and O–H groups in total. The molecule has 4 heteroatoms. The number of furan rings is 1. The van der Waals surface area contributed by atoms with Gasteiger partial charge in [0.25, 0.3) is 0 Å². The normalized spacial score (nSPS) is 12.7. The molecule has 0 saturated heterocycles. The molecule has 0 bridgehead atoms. The molecule has 0 saturated carbocycles. The first kappa shape index (κ1) is 19.2. The largest absolute Gasteiger partial charge is 0.491 e. The topological polar surface area (TPSA) is 54.6 Å². The van der Waals surface area contributed by atoms with Gasteiger partial charge in [-0.25, -0.2) is 0 Å². The molecule has 1 aromatic heterocycles. The zero-order valence-electron chi connectivity index (χ0n) is 15.9. The van der Waals surface area contributed by atoms with E-state index in [1.54, 1.807) is 6.26 Å². The Bertz CT molecular complexity index is 795. The molecule has 4 nitrogen and oxygen atoms in total. The van der Waals surface area contributed by atoms with Crippen molar-refractivity contribution in [3.8, 4) is 5.75 Å². The highest BCUT2D eigenvalue weighted by Crippen LogP contribution is 2.32. The van der Waals surface area contributed by atoms with Crippen LogP contribution in [-0.4, -0.2) is 24.4 Å². The summed E-state index contributed by atoms with van der Waals surface area (Å²) in [7, 11) is 0. The van der Waals surface area contributed by atoms with Gasteiger partial charge in [0.15, 0.2) is 0 Å². The molecule has 27 heavy (non-hydrogen) atoms. The van der Waals surface area contributed by atoms with Crippen LogP contribution in [0.5, 0.6) is 5.75 Å². The van der Waals surface area contributed by atoms with Gasteiger partial charge in [-0.15, -0.1) is 0 Å². The average molecular weight is 365 g/mol. The first-order valence-electron chi connectivity index (χ1n) is 9.26. The zero-order valence-corrected chi connectivity index (χ0v) is 15.9. The van der Waals surface area contributed by atoms with E-state index >= 15 is 0 Å². The lowest BCUT2D eigenvalue weighted by Crippen LogP contribution is -2.31. The maximum atomic E-state index is 10.1. The van der Waals surface area contributed by atoms with Gasteiger partial charge in [0.1, 0.15) is 24.2 Å². The summed E-state index contributed by atoms with van der Waals surface area (Å²) < 4.78 is 11.0. The van der Waals surface area contributed by atoms with Crippen LogP contribution in [0.15, 0.2) is 77.4 Å². The van der Waals surface area contributed by atoms with E-state index in [4.69, 9.17) is 9.15 Å². The third-order valence-corrected chi connectivity index (χ3v) is 4.77. The predicted octanol–water partition coefficient (Wildman–Crippen LogP) is 4.14. The molecule has 2 aromatic carbocycles. The molecule has 0 aliphatic heterocycles. The van der Waals surface area contributed by atoms with E-state index in [1.807, 2.05) is 30.3 Å². The van der Waals surface area contributed by atoms with Crippen molar-refractivity contribution >= 4 is 0 Å². The van der Waals surface area contributed by atoms with Crippen LogP contribution >= 0.6 is 0 Å². The van der Waals surface area contributed by atoms with Gasteiger partial charge in [-0.3, -0.25) is 0 Å². The monoisotopic (exact) mass is 365 g/mol. The Labute approximate surface area is 160 Å². The zero-order chi connectivity index (χ0) is 19.1. The van der Waals surface area contributed by atoms with Gasteiger partial charge < -0.3 is 19.6 Å². The van der Waals surface area contributed by atoms with Crippen molar-refractivity contribution in [3.05, 3.63) is 89.9 Å². The van der Waals surface area contributed by atoms with Gasteiger partial charge in [0, 0.05) is 12.0 Å². The average Bonchev–Trinajstić information content (AvgIpc) is 3.21. The Morgan fingerprint density at radius 2 is 1.67 bits per heavy atom. The standard InChI is InChI=1S/C23H27NO3/c1-23(2,18-7-4-3-5-8-18)19-10-12-21(13-11-19)27-17-20(25)15-24-16-22-9-6-14-26-22/h3-14,20,24-25H,15-17H2,1-2H3/t20-/m1/s1. The van der Waals surface area contributed by atoms with Crippen molar-refractivity contribution in [2.24, 2.45) is 0 Å². The first-order chi connectivity index (χ1) is 13.1. The van der Waals surface area contributed by atoms with Crippen LogP contribution in [0.2, 0.25) is 0 Å². The Balaban J connectivity index is 1.49. The molecule has 3 aromatic rings. The minimum absolute atomic E-state index is 0.0743. The van der Waals surface area contributed by atoms with Crippen LogP contribution in [0, 0.1) is 0 Å². The summed E-state index contributed by atoms with van der Waals surface area (Å²) in [6, 6.07) is 22.3. The van der Waals surface area contributed by atoms with Crippen molar-refractivity contribution < 1.29 is 14.3 Å². The minimum atomic E-state index is -0.583. The molecule has 3 rings (SSSR count). The minimum Gasteiger partial charge on any atom is -0.491 e. The summed E-state index contributed by atoms with van der Waals surface area (Å²) in [5, 5.41) is 13.2. The van der Waals surface area contributed by atoms with E-state index < -0.39 is 6.10 Å². The molecule has 1 atom stereocenters. The maximum absolute atomic E-state index is 10.1. The van der Waals surface area contributed by atoms with Crippen LogP contribution in [0.25, 0.3) is 0 Å². The molecule has 0 aliphatic carbocycles. The number of hydrogen-bond donors (Lipinski definition) is 2. The summed E-state index contributed by atoms with van der Waals surface area (Å²) in [4.78, 5) is 0. The van der Waals surface area contributed by atoms with Crippen LogP contribution in [0.4, 0.5) is 0 Å². The van der Waals surface area contributed by atoms with Gasteiger partial charge in [-0.05, 0) is 35.4 Å². The lowest BCUT2D eigenvalue weighted by Gasteiger charge is -2.26. The third-order valence-electron chi connectivity index (χ3n) is 4.77. The molecule has 0 amide bonds. The number of hydrogen-bond acceptors (Lipinski definition) is 4. The van der Waals surface area contributed by atoms with Gasteiger partial charge in [-0.2, -0.15) is 0 Å². The van der Waals surface area contributed by atoms with Crippen molar-refractivity contribution in [3.63, 3.8) is 0 Å². The third kappa shape index (κ3) is 5.22. The molecule has 0 spiro atoms. The summed E-state index contributed by atoms with van der Waals surface area (Å²) in [6.07, 6.45) is 1.06. The van der Waals surface area contributed by atoms with E-state index in [-0.39, 0.29) is 12.0 Å². The lowest BCUT2D eigenvalue weighted by molar-refractivity contribution is 0.105. The Kier molecular flexibility index (Phi) is 6.32. The fourth-order valence-electron chi connectivity index (χ4n) is 3.02. The predicted molar refractivity (Wildman–Crippen MR) is 107 cm³/mol. The number of aliphatic hydroxyl groups excluding tert-OH is 1. The molecular formula is C23H27NO3. The van der Waals surface area contributed by atoms with Crippen molar-refractivity contribution in [1.82, 2.24) is 5.32 Å². The van der Waals surface area contributed by atoms with Gasteiger partial charge in [-0.1, -0.05) is 56.3 Å². The second-order valence-electron chi connectivity index (χ2n) is 7.19. The van der Waals surface area contributed by atoms with E-state index in [0.717, 1.165) is 11.5 Å². The number of aliphatic hydroxyl groups is 1. The second-order valence-corrected chi connectivity index (χ2v) is 7.19. The summed E-state index contributed by atoms with van der Waals surface area (Å²) in [6.45, 7) is 5.71.